The van der Waals surface area contributed by atoms with Crippen LogP contribution in [0.5, 0.6) is 0 Å². The summed E-state index contributed by atoms with van der Waals surface area (Å²) in [4.78, 5) is 9.45. The molecular weight excluding hydrogens is 360 g/mol. The van der Waals surface area contributed by atoms with Gasteiger partial charge in [0.15, 0.2) is 5.82 Å². The molecule has 152 valence electrons. The average molecular weight is 388 g/mol. The topological polar surface area (TPSA) is 77.0 Å². The van der Waals surface area contributed by atoms with Crippen LogP contribution in [0.3, 0.4) is 0 Å². The minimum atomic E-state index is -0.0493. The Hall–Kier alpha value is -1.74. The molecule has 0 aliphatic carbocycles. The van der Waals surface area contributed by atoms with Crippen LogP contribution in [0.1, 0.15) is 49.1 Å². The Morgan fingerprint density at radius 1 is 1.11 bits per heavy atom. The molecule has 1 spiro atoms. The normalized spacial score (nSPS) is 26.2. The molecule has 3 aliphatic heterocycles. The standard InChI is InChI=1S/C20H28N4O4/c1-2-17(26-9-1)19-21-18(22-28-19)13-24-8-11-27-20(15-24)4-6-23(7-5-20)12-16-3-10-25-14-16/h3,10,14,17H,1-2,4-9,11-13,15H2. The van der Waals surface area contributed by atoms with Gasteiger partial charge in [-0.25, -0.2) is 0 Å². The summed E-state index contributed by atoms with van der Waals surface area (Å²) >= 11 is 0. The van der Waals surface area contributed by atoms with Crippen molar-refractivity contribution >= 4 is 0 Å². The number of aromatic nitrogens is 2. The van der Waals surface area contributed by atoms with Crippen LogP contribution < -0.4 is 0 Å². The lowest BCUT2D eigenvalue weighted by molar-refractivity contribution is -0.138. The lowest BCUT2D eigenvalue weighted by atomic mass is 9.89. The highest BCUT2D eigenvalue weighted by Crippen LogP contribution is 2.32. The van der Waals surface area contributed by atoms with Crippen molar-refractivity contribution in [1.29, 1.82) is 0 Å². The Morgan fingerprint density at radius 2 is 2.04 bits per heavy atom. The molecule has 5 rings (SSSR count). The molecule has 0 saturated carbocycles. The molecule has 1 atom stereocenters. The van der Waals surface area contributed by atoms with E-state index in [9.17, 15) is 0 Å². The van der Waals surface area contributed by atoms with Crippen LogP contribution in [0.2, 0.25) is 0 Å². The van der Waals surface area contributed by atoms with Crippen LogP contribution in [0.25, 0.3) is 0 Å². The van der Waals surface area contributed by atoms with Crippen LogP contribution in [0, 0.1) is 0 Å². The van der Waals surface area contributed by atoms with Crippen molar-refractivity contribution in [3.63, 3.8) is 0 Å². The number of rotatable bonds is 5. The monoisotopic (exact) mass is 388 g/mol. The molecule has 0 bridgehead atoms. The molecule has 0 aromatic carbocycles. The summed E-state index contributed by atoms with van der Waals surface area (Å²) in [7, 11) is 0. The van der Waals surface area contributed by atoms with E-state index in [0.717, 1.165) is 77.4 Å². The van der Waals surface area contributed by atoms with Gasteiger partial charge in [0, 0.05) is 44.9 Å². The van der Waals surface area contributed by atoms with E-state index in [4.69, 9.17) is 18.4 Å². The zero-order valence-corrected chi connectivity index (χ0v) is 16.2. The largest absolute Gasteiger partial charge is 0.472 e. The first-order valence-corrected chi connectivity index (χ1v) is 10.3. The van der Waals surface area contributed by atoms with Crippen LogP contribution in [-0.4, -0.2) is 64.9 Å². The van der Waals surface area contributed by atoms with Crippen LogP contribution in [0.15, 0.2) is 27.5 Å². The number of hydrogen-bond donors (Lipinski definition) is 0. The van der Waals surface area contributed by atoms with Gasteiger partial charge in [0.05, 0.1) is 31.3 Å². The highest BCUT2D eigenvalue weighted by atomic mass is 16.5. The Labute approximate surface area is 164 Å². The van der Waals surface area contributed by atoms with E-state index in [0.29, 0.717) is 12.4 Å². The highest BCUT2D eigenvalue weighted by molar-refractivity contribution is 5.06. The third-order valence-corrected chi connectivity index (χ3v) is 6.14. The van der Waals surface area contributed by atoms with E-state index >= 15 is 0 Å². The number of likely N-dealkylation sites (tertiary alicyclic amines) is 1. The first kappa shape index (κ1) is 18.3. The maximum atomic E-state index is 6.27. The van der Waals surface area contributed by atoms with E-state index in [1.165, 1.54) is 5.56 Å². The molecule has 3 fully saturated rings. The quantitative estimate of drug-likeness (QED) is 0.773. The molecule has 28 heavy (non-hydrogen) atoms. The van der Waals surface area contributed by atoms with E-state index in [1.807, 2.05) is 12.3 Å². The fraction of sp³-hybridized carbons (Fsp3) is 0.700. The van der Waals surface area contributed by atoms with Gasteiger partial charge in [-0.15, -0.1) is 0 Å². The fourth-order valence-electron chi connectivity index (χ4n) is 4.56. The molecule has 0 radical (unpaired) electrons. The van der Waals surface area contributed by atoms with Crippen molar-refractivity contribution in [3.8, 4) is 0 Å². The molecule has 8 heteroatoms. The van der Waals surface area contributed by atoms with Crippen molar-refractivity contribution < 1.29 is 18.4 Å². The van der Waals surface area contributed by atoms with Gasteiger partial charge in [0.1, 0.15) is 6.10 Å². The summed E-state index contributed by atoms with van der Waals surface area (Å²) in [6, 6.07) is 2.04. The van der Waals surface area contributed by atoms with Crippen molar-refractivity contribution in [2.75, 3.05) is 39.4 Å². The van der Waals surface area contributed by atoms with E-state index < -0.39 is 0 Å². The van der Waals surface area contributed by atoms with Crippen LogP contribution >= 0.6 is 0 Å². The highest BCUT2D eigenvalue weighted by Gasteiger charge is 2.40. The molecule has 0 amide bonds. The average Bonchev–Trinajstić information content (AvgIpc) is 3.46. The summed E-state index contributed by atoms with van der Waals surface area (Å²) in [5.74, 6) is 1.38. The molecule has 0 N–H and O–H groups in total. The molecular formula is C20H28N4O4. The summed E-state index contributed by atoms with van der Waals surface area (Å²) in [5.41, 5.74) is 1.19. The molecule has 1 unspecified atom stereocenters. The zero-order chi connectivity index (χ0) is 18.8. The molecule has 3 saturated heterocycles. The van der Waals surface area contributed by atoms with Gasteiger partial charge in [0.2, 0.25) is 0 Å². The summed E-state index contributed by atoms with van der Waals surface area (Å²) in [6.07, 6.45) is 7.69. The SMILES string of the molecule is c1cc(CN2CCC3(CC2)CN(Cc2noc(C4CCCO4)n2)CCO3)co1. The Morgan fingerprint density at radius 3 is 2.82 bits per heavy atom. The van der Waals surface area contributed by atoms with Crippen molar-refractivity contribution in [1.82, 2.24) is 19.9 Å². The minimum absolute atomic E-state index is 0.0168. The lowest BCUT2D eigenvalue weighted by Crippen LogP contribution is -2.56. The van der Waals surface area contributed by atoms with E-state index in [-0.39, 0.29) is 11.7 Å². The van der Waals surface area contributed by atoms with Crippen LogP contribution in [-0.2, 0) is 22.6 Å². The Bertz CT molecular complexity index is 748. The first-order valence-electron chi connectivity index (χ1n) is 10.3. The number of ether oxygens (including phenoxy) is 2. The third kappa shape index (κ3) is 4.00. The second-order valence-corrected chi connectivity index (χ2v) is 8.20. The van der Waals surface area contributed by atoms with Crippen molar-refractivity contribution in [2.45, 2.75) is 50.5 Å². The minimum Gasteiger partial charge on any atom is -0.472 e. The maximum absolute atomic E-state index is 6.27. The van der Waals surface area contributed by atoms with Gasteiger partial charge in [-0.2, -0.15) is 4.98 Å². The number of hydrogen-bond acceptors (Lipinski definition) is 8. The summed E-state index contributed by atoms with van der Waals surface area (Å²) < 4.78 is 22.5. The maximum Gasteiger partial charge on any atom is 0.255 e. The predicted molar refractivity (Wildman–Crippen MR) is 99.4 cm³/mol. The molecule has 5 heterocycles. The Kier molecular flexibility index (Phi) is 5.19. The van der Waals surface area contributed by atoms with Gasteiger partial charge in [-0.3, -0.25) is 9.80 Å². The zero-order valence-electron chi connectivity index (χ0n) is 16.2. The first-order chi connectivity index (χ1) is 13.8. The second-order valence-electron chi connectivity index (χ2n) is 8.20. The van der Waals surface area contributed by atoms with Gasteiger partial charge in [-0.1, -0.05) is 5.16 Å². The third-order valence-electron chi connectivity index (χ3n) is 6.14. The smallest absolute Gasteiger partial charge is 0.255 e. The Balaban J connectivity index is 1.15. The number of piperidine rings is 1. The van der Waals surface area contributed by atoms with Gasteiger partial charge < -0.3 is 18.4 Å². The van der Waals surface area contributed by atoms with Gasteiger partial charge in [-0.05, 0) is 31.7 Å². The number of nitrogens with zero attached hydrogens (tertiary/aromatic N) is 4. The van der Waals surface area contributed by atoms with Crippen molar-refractivity contribution in [2.24, 2.45) is 0 Å². The van der Waals surface area contributed by atoms with E-state index in [1.54, 1.807) is 6.26 Å². The summed E-state index contributed by atoms with van der Waals surface area (Å²) in [5, 5.41) is 4.18. The predicted octanol–water partition coefficient (Wildman–Crippen LogP) is 2.38. The molecule has 2 aromatic rings. The number of morpholine rings is 1. The molecule has 2 aromatic heterocycles. The molecule has 3 aliphatic rings. The van der Waals surface area contributed by atoms with Gasteiger partial charge >= 0.3 is 0 Å². The van der Waals surface area contributed by atoms with Gasteiger partial charge in [0.25, 0.3) is 5.89 Å². The molecule has 8 nitrogen and oxygen atoms in total. The van der Waals surface area contributed by atoms with E-state index in [2.05, 4.69) is 19.9 Å². The fourth-order valence-corrected chi connectivity index (χ4v) is 4.56. The van der Waals surface area contributed by atoms with Crippen molar-refractivity contribution in [3.05, 3.63) is 35.9 Å². The van der Waals surface area contributed by atoms with Crippen LogP contribution in [0.4, 0.5) is 0 Å². The second kappa shape index (κ2) is 7.94. The lowest BCUT2D eigenvalue weighted by Gasteiger charge is -2.47. The number of furan rings is 1. The summed E-state index contributed by atoms with van der Waals surface area (Å²) in [6.45, 7) is 7.13.